The van der Waals surface area contributed by atoms with E-state index in [1.165, 1.54) is 18.3 Å². The van der Waals surface area contributed by atoms with Crippen LogP contribution in [0.4, 0.5) is 5.13 Å². The van der Waals surface area contributed by atoms with E-state index in [2.05, 4.69) is 15.6 Å². The summed E-state index contributed by atoms with van der Waals surface area (Å²) in [5.74, 6) is 0.393. The van der Waals surface area contributed by atoms with Gasteiger partial charge in [0.1, 0.15) is 5.75 Å². The van der Waals surface area contributed by atoms with Crippen molar-refractivity contribution in [3.05, 3.63) is 65.0 Å². The second-order valence-electron chi connectivity index (χ2n) is 7.03. The molecule has 156 valence electrons. The Morgan fingerprint density at radius 3 is 2.63 bits per heavy atom. The summed E-state index contributed by atoms with van der Waals surface area (Å²) in [5.41, 5.74) is 3.99. The van der Waals surface area contributed by atoms with Crippen molar-refractivity contribution in [3.8, 4) is 17.0 Å². The Kier molecular flexibility index (Phi) is 7.19. The lowest BCUT2D eigenvalue weighted by Crippen LogP contribution is -2.30. The number of aromatic nitrogens is 1. The highest BCUT2D eigenvalue weighted by molar-refractivity contribution is 7.14. The summed E-state index contributed by atoms with van der Waals surface area (Å²) in [6, 6.07) is 15.6. The molecule has 0 aliphatic heterocycles. The van der Waals surface area contributed by atoms with E-state index in [0.29, 0.717) is 17.4 Å². The van der Waals surface area contributed by atoms with Crippen molar-refractivity contribution in [1.82, 2.24) is 10.3 Å². The molecule has 1 aromatic heterocycles. The summed E-state index contributed by atoms with van der Waals surface area (Å²) in [6.45, 7) is 5.82. The molecular formula is C23H25N3O3S. The van der Waals surface area contributed by atoms with Crippen LogP contribution in [0.3, 0.4) is 0 Å². The van der Waals surface area contributed by atoms with Gasteiger partial charge in [0.25, 0.3) is 5.91 Å². The first kappa shape index (κ1) is 21.5. The summed E-state index contributed by atoms with van der Waals surface area (Å²) in [7, 11) is 0. The molecule has 3 rings (SSSR count). The predicted octanol–water partition coefficient (Wildman–Crippen LogP) is 4.20. The van der Waals surface area contributed by atoms with Crippen LogP contribution in [-0.4, -0.2) is 29.4 Å². The molecule has 3 aromatic rings. The van der Waals surface area contributed by atoms with Gasteiger partial charge in [-0.3, -0.25) is 14.9 Å². The van der Waals surface area contributed by atoms with Crippen LogP contribution in [0, 0.1) is 6.92 Å². The molecule has 0 spiro atoms. The highest BCUT2D eigenvalue weighted by atomic mass is 32.1. The number of rotatable bonds is 8. The molecule has 1 atom stereocenters. The molecule has 0 saturated heterocycles. The lowest BCUT2D eigenvalue weighted by molar-refractivity contribution is -0.122. The molecule has 0 fully saturated rings. The molecule has 0 saturated carbocycles. The zero-order chi connectivity index (χ0) is 21.5. The quantitative estimate of drug-likeness (QED) is 0.569. The molecular weight excluding hydrogens is 398 g/mol. The molecule has 1 heterocycles. The number of ether oxygens (including phenoxy) is 1. The number of anilines is 1. The van der Waals surface area contributed by atoms with E-state index >= 15 is 0 Å². The van der Waals surface area contributed by atoms with Gasteiger partial charge in [0, 0.05) is 24.4 Å². The molecule has 30 heavy (non-hydrogen) atoms. The van der Waals surface area contributed by atoms with Crippen molar-refractivity contribution in [2.24, 2.45) is 0 Å². The highest BCUT2D eigenvalue weighted by Crippen LogP contribution is 2.25. The third kappa shape index (κ3) is 6.15. The van der Waals surface area contributed by atoms with E-state index in [9.17, 15) is 9.59 Å². The zero-order valence-corrected chi connectivity index (χ0v) is 18.1. The van der Waals surface area contributed by atoms with E-state index in [4.69, 9.17) is 4.74 Å². The molecule has 0 radical (unpaired) electrons. The van der Waals surface area contributed by atoms with Gasteiger partial charge in [-0.15, -0.1) is 11.3 Å². The number of carbonyl (C=O) groups is 2. The number of nitrogens with one attached hydrogen (secondary N) is 2. The van der Waals surface area contributed by atoms with Crippen LogP contribution >= 0.6 is 11.3 Å². The number of hydrogen-bond donors (Lipinski definition) is 2. The smallest absolute Gasteiger partial charge is 0.266 e. The van der Waals surface area contributed by atoms with Gasteiger partial charge in [0.05, 0.1) is 5.69 Å². The van der Waals surface area contributed by atoms with Gasteiger partial charge >= 0.3 is 0 Å². The second kappa shape index (κ2) is 10.0. The highest BCUT2D eigenvalue weighted by Gasteiger charge is 2.17. The van der Waals surface area contributed by atoms with Crippen molar-refractivity contribution in [2.45, 2.75) is 33.3 Å². The van der Waals surface area contributed by atoms with Gasteiger partial charge in [-0.05, 0) is 43.5 Å². The summed E-state index contributed by atoms with van der Waals surface area (Å²) < 4.78 is 5.72. The average Bonchev–Trinajstić information content (AvgIpc) is 3.16. The fraction of sp³-hybridized carbons (Fsp3) is 0.261. The van der Waals surface area contributed by atoms with Crippen molar-refractivity contribution >= 4 is 28.3 Å². The van der Waals surface area contributed by atoms with Crippen LogP contribution in [0.15, 0.2) is 53.9 Å². The molecule has 0 unspecified atom stereocenters. The minimum atomic E-state index is -0.637. The maximum Gasteiger partial charge on any atom is 0.266 e. The molecule has 2 aromatic carbocycles. The molecule has 6 nitrogen and oxygen atoms in total. The van der Waals surface area contributed by atoms with Crippen LogP contribution in [-0.2, 0) is 16.0 Å². The second-order valence-corrected chi connectivity index (χ2v) is 7.89. The van der Waals surface area contributed by atoms with E-state index in [1.807, 2.05) is 60.8 Å². The predicted molar refractivity (Wildman–Crippen MR) is 120 cm³/mol. The van der Waals surface area contributed by atoms with Gasteiger partial charge in [0.15, 0.2) is 11.2 Å². The maximum absolute atomic E-state index is 12.4. The Labute approximate surface area is 180 Å². The monoisotopic (exact) mass is 423 g/mol. The summed E-state index contributed by atoms with van der Waals surface area (Å²) >= 11 is 1.37. The zero-order valence-electron chi connectivity index (χ0n) is 17.3. The standard InChI is InChI=1S/C23H25N3O3S/c1-15-5-4-6-20(13-15)29-16(2)22(28)26-23-25-21(14-30-23)19-9-7-18(8-10-19)11-12-24-17(3)27/h4-10,13-14,16H,11-12H2,1-3H3,(H,24,27)(H,25,26,28)/t16-/m0/s1. The van der Waals surface area contributed by atoms with Crippen molar-refractivity contribution in [2.75, 3.05) is 11.9 Å². The van der Waals surface area contributed by atoms with Gasteiger partial charge in [0.2, 0.25) is 5.91 Å². The van der Waals surface area contributed by atoms with E-state index < -0.39 is 6.10 Å². The van der Waals surface area contributed by atoms with Crippen LogP contribution < -0.4 is 15.4 Å². The Hall–Kier alpha value is -3.19. The number of aryl methyl sites for hydroxylation is 1. The number of amides is 2. The number of hydrogen-bond acceptors (Lipinski definition) is 5. The van der Waals surface area contributed by atoms with Crippen LogP contribution in [0.25, 0.3) is 11.3 Å². The normalized spacial score (nSPS) is 11.6. The number of carbonyl (C=O) groups excluding carboxylic acids is 2. The Morgan fingerprint density at radius 1 is 1.17 bits per heavy atom. The Morgan fingerprint density at radius 2 is 1.93 bits per heavy atom. The lowest BCUT2D eigenvalue weighted by Gasteiger charge is -2.14. The third-order valence-electron chi connectivity index (χ3n) is 4.44. The van der Waals surface area contributed by atoms with E-state index in [0.717, 1.165) is 28.8 Å². The molecule has 0 bridgehead atoms. The molecule has 2 amide bonds. The minimum Gasteiger partial charge on any atom is -0.481 e. The largest absolute Gasteiger partial charge is 0.481 e. The number of benzene rings is 2. The summed E-state index contributed by atoms with van der Waals surface area (Å²) in [4.78, 5) is 27.9. The first-order valence-corrected chi connectivity index (χ1v) is 10.6. The van der Waals surface area contributed by atoms with Gasteiger partial charge in [-0.2, -0.15) is 0 Å². The molecule has 7 heteroatoms. The minimum absolute atomic E-state index is 0.0257. The fourth-order valence-corrected chi connectivity index (χ4v) is 3.56. The SMILES string of the molecule is CC(=O)NCCc1ccc(-c2csc(NC(=O)[C@H](C)Oc3cccc(C)c3)n2)cc1. The fourth-order valence-electron chi connectivity index (χ4n) is 2.84. The van der Waals surface area contributed by atoms with Crippen molar-refractivity contribution in [1.29, 1.82) is 0 Å². The van der Waals surface area contributed by atoms with Crippen LogP contribution in [0.2, 0.25) is 0 Å². The summed E-state index contributed by atoms with van der Waals surface area (Å²) in [6.07, 6.45) is 0.138. The average molecular weight is 424 g/mol. The van der Waals surface area contributed by atoms with E-state index in [1.54, 1.807) is 6.92 Å². The topological polar surface area (TPSA) is 80.3 Å². The van der Waals surface area contributed by atoms with Gasteiger partial charge < -0.3 is 10.1 Å². The molecule has 2 N–H and O–H groups in total. The summed E-state index contributed by atoms with van der Waals surface area (Å²) in [5, 5.41) is 8.05. The first-order valence-electron chi connectivity index (χ1n) is 9.74. The van der Waals surface area contributed by atoms with Crippen molar-refractivity contribution < 1.29 is 14.3 Å². The maximum atomic E-state index is 12.4. The third-order valence-corrected chi connectivity index (χ3v) is 5.20. The van der Waals surface area contributed by atoms with Gasteiger partial charge in [-0.1, -0.05) is 36.4 Å². The lowest BCUT2D eigenvalue weighted by atomic mass is 10.1. The first-order chi connectivity index (χ1) is 14.4. The number of nitrogens with zero attached hydrogens (tertiary/aromatic N) is 1. The van der Waals surface area contributed by atoms with Crippen LogP contribution in [0.1, 0.15) is 25.0 Å². The Balaban J connectivity index is 1.56. The van der Waals surface area contributed by atoms with Crippen LogP contribution in [0.5, 0.6) is 5.75 Å². The number of thiazole rings is 1. The Bertz CT molecular complexity index is 1010. The molecule has 0 aliphatic rings. The van der Waals surface area contributed by atoms with Crippen molar-refractivity contribution in [3.63, 3.8) is 0 Å². The van der Waals surface area contributed by atoms with Gasteiger partial charge in [-0.25, -0.2) is 4.98 Å². The van der Waals surface area contributed by atoms with E-state index in [-0.39, 0.29) is 11.8 Å². The molecule has 0 aliphatic carbocycles.